The second-order valence-electron chi connectivity index (χ2n) is 7.28. The molecule has 3 aromatic carbocycles. The van der Waals surface area contributed by atoms with Crippen LogP contribution in [0.1, 0.15) is 12.5 Å². The van der Waals surface area contributed by atoms with E-state index in [1.807, 2.05) is 91.2 Å². The highest BCUT2D eigenvalue weighted by molar-refractivity contribution is 7.99. The number of aromatic nitrogens is 3. The Morgan fingerprint density at radius 3 is 2.52 bits per heavy atom. The highest BCUT2D eigenvalue weighted by Crippen LogP contribution is 2.30. The number of anilines is 1. The third kappa shape index (κ3) is 5.74. The number of aryl methyl sites for hydroxylation is 1. The van der Waals surface area contributed by atoms with E-state index in [2.05, 4.69) is 15.5 Å². The highest BCUT2D eigenvalue weighted by Gasteiger charge is 2.18. The Morgan fingerprint density at radius 1 is 1.06 bits per heavy atom. The van der Waals surface area contributed by atoms with E-state index in [1.165, 1.54) is 11.8 Å². The number of hydrogen-bond acceptors (Lipinski definition) is 5. The fourth-order valence-electron chi connectivity index (χ4n) is 3.23. The fourth-order valence-corrected chi connectivity index (χ4v) is 4.18. The lowest BCUT2D eigenvalue weighted by atomic mass is 10.2. The monoisotopic (exact) mass is 478 g/mol. The molecule has 6 nitrogen and oxygen atoms in total. The summed E-state index contributed by atoms with van der Waals surface area (Å²) in [6.07, 6.45) is 0. The normalized spacial score (nSPS) is 10.8. The number of nitrogens with one attached hydrogen (secondary N) is 1. The lowest BCUT2D eigenvalue weighted by Crippen LogP contribution is -2.14. The standard InChI is InChI=1S/C25H23ClN4O2S/c1-3-32-22-13-11-21(12-14-22)30-24(18-5-4-6-19(26)15-18)28-29-25(30)33-16-23(31)27-20-9-7-17(2)8-10-20/h4-15H,3,16H2,1-2H3,(H,27,31). The summed E-state index contributed by atoms with van der Waals surface area (Å²) in [5, 5.41) is 12.9. The van der Waals surface area contributed by atoms with Gasteiger partial charge < -0.3 is 10.1 Å². The number of ether oxygens (including phenoxy) is 1. The summed E-state index contributed by atoms with van der Waals surface area (Å²) >= 11 is 7.53. The van der Waals surface area contributed by atoms with Crippen LogP contribution in [0.2, 0.25) is 5.02 Å². The Morgan fingerprint density at radius 2 is 1.82 bits per heavy atom. The van der Waals surface area contributed by atoms with E-state index in [4.69, 9.17) is 16.3 Å². The van der Waals surface area contributed by atoms with Crippen LogP contribution < -0.4 is 10.1 Å². The second kappa shape index (κ2) is 10.6. The molecule has 0 saturated heterocycles. The summed E-state index contributed by atoms with van der Waals surface area (Å²) in [5.41, 5.74) is 3.60. The first-order valence-corrected chi connectivity index (χ1v) is 11.8. The third-order valence-electron chi connectivity index (χ3n) is 4.79. The van der Waals surface area contributed by atoms with Gasteiger partial charge in [0.2, 0.25) is 5.91 Å². The van der Waals surface area contributed by atoms with Gasteiger partial charge in [0.1, 0.15) is 5.75 Å². The summed E-state index contributed by atoms with van der Waals surface area (Å²) in [6, 6.07) is 22.8. The van der Waals surface area contributed by atoms with Crippen LogP contribution in [0, 0.1) is 6.92 Å². The third-order valence-corrected chi connectivity index (χ3v) is 5.95. The van der Waals surface area contributed by atoms with Crippen molar-refractivity contribution in [2.45, 2.75) is 19.0 Å². The zero-order valence-electron chi connectivity index (χ0n) is 18.3. The molecule has 0 unspecified atom stereocenters. The largest absolute Gasteiger partial charge is 0.494 e. The van der Waals surface area contributed by atoms with Crippen molar-refractivity contribution in [3.8, 4) is 22.8 Å². The van der Waals surface area contributed by atoms with Gasteiger partial charge in [-0.05, 0) is 62.4 Å². The van der Waals surface area contributed by atoms with E-state index < -0.39 is 0 Å². The van der Waals surface area contributed by atoms with Crippen LogP contribution >= 0.6 is 23.4 Å². The number of thioether (sulfide) groups is 1. The van der Waals surface area contributed by atoms with Gasteiger partial charge in [0.15, 0.2) is 11.0 Å². The van der Waals surface area contributed by atoms with Gasteiger partial charge >= 0.3 is 0 Å². The van der Waals surface area contributed by atoms with Crippen molar-refractivity contribution in [1.82, 2.24) is 14.8 Å². The van der Waals surface area contributed by atoms with Crippen LogP contribution in [0.5, 0.6) is 5.75 Å². The predicted molar refractivity (Wildman–Crippen MR) is 134 cm³/mol. The highest BCUT2D eigenvalue weighted by atomic mass is 35.5. The van der Waals surface area contributed by atoms with Crippen molar-refractivity contribution in [3.63, 3.8) is 0 Å². The molecule has 8 heteroatoms. The Labute approximate surface area is 202 Å². The zero-order chi connectivity index (χ0) is 23.2. The van der Waals surface area contributed by atoms with Crippen LogP contribution in [0.25, 0.3) is 17.1 Å². The summed E-state index contributed by atoms with van der Waals surface area (Å²) in [5.74, 6) is 1.50. The Bertz CT molecular complexity index is 1240. The number of carbonyl (C=O) groups excluding carboxylic acids is 1. The maximum absolute atomic E-state index is 12.5. The van der Waals surface area contributed by atoms with Gasteiger partial charge in [0.25, 0.3) is 0 Å². The van der Waals surface area contributed by atoms with E-state index in [9.17, 15) is 4.79 Å². The lowest BCUT2D eigenvalue weighted by molar-refractivity contribution is -0.113. The first-order chi connectivity index (χ1) is 16.0. The molecule has 1 N–H and O–H groups in total. The van der Waals surface area contributed by atoms with E-state index >= 15 is 0 Å². The molecule has 0 aliphatic rings. The Balaban J connectivity index is 1.60. The number of halogens is 1. The van der Waals surface area contributed by atoms with Crippen LogP contribution in [0.4, 0.5) is 5.69 Å². The van der Waals surface area contributed by atoms with Gasteiger partial charge in [-0.15, -0.1) is 10.2 Å². The van der Waals surface area contributed by atoms with Gasteiger partial charge in [0.05, 0.1) is 12.4 Å². The molecular formula is C25H23ClN4O2S. The number of hydrogen-bond donors (Lipinski definition) is 1. The van der Waals surface area contributed by atoms with Gasteiger partial charge in [0, 0.05) is 22.0 Å². The predicted octanol–water partition coefficient (Wildman–Crippen LogP) is 6.03. The number of carbonyl (C=O) groups is 1. The number of nitrogens with zero attached hydrogens (tertiary/aromatic N) is 3. The van der Waals surface area contributed by atoms with Crippen molar-refractivity contribution in [2.24, 2.45) is 0 Å². The van der Waals surface area contributed by atoms with Gasteiger partial charge in [-0.1, -0.05) is 53.2 Å². The Hall–Kier alpha value is -3.29. The van der Waals surface area contributed by atoms with Crippen LogP contribution in [0.15, 0.2) is 78.0 Å². The summed E-state index contributed by atoms with van der Waals surface area (Å²) in [7, 11) is 0. The van der Waals surface area contributed by atoms with E-state index in [-0.39, 0.29) is 11.7 Å². The molecule has 168 valence electrons. The molecule has 0 aliphatic carbocycles. The average molecular weight is 479 g/mol. The van der Waals surface area contributed by atoms with Crippen LogP contribution in [-0.4, -0.2) is 33.0 Å². The lowest BCUT2D eigenvalue weighted by Gasteiger charge is -2.12. The number of amides is 1. The molecule has 0 aliphatic heterocycles. The summed E-state index contributed by atoms with van der Waals surface area (Å²) < 4.78 is 7.49. The molecule has 33 heavy (non-hydrogen) atoms. The van der Waals surface area contributed by atoms with E-state index in [0.717, 1.165) is 28.3 Å². The molecule has 0 radical (unpaired) electrons. The molecule has 0 atom stereocenters. The molecule has 1 aromatic heterocycles. The number of rotatable bonds is 8. The summed E-state index contributed by atoms with van der Waals surface area (Å²) in [6.45, 7) is 4.55. The Kier molecular flexibility index (Phi) is 7.32. The fraction of sp³-hybridized carbons (Fsp3) is 0.160. The quantitative estimate of drug-likeness (QED) is 0.313. The van der Waals surface area contributed by atoms with Crippen molar-refractivity contribution >= 4 is 35.0 Å². The van der Waals surface area contributed by atoms with Crippen LogP contribution in [-0.2, 0) is 4.79 Å². The molecule has 0 saturated carbocycles. The molecule has 0 bridgehead atoms. The minimum Gasteiger partial charge on any atom is -0.494 e. The molecule has 4 rings (SSSR count). The molecule has 1 amide bonds. The second-order valence-corrected chi connectivity index (χ2v) is 8.66. The minimum absolute atomic E-state index is 0.116. The minimum atomic E-state index is -0.116. The van der Waals surface area contributed by atoms with Crippen molar-refractivity contribution in [3.05, 3.63) is 83.4 Å². The first-order valence-electron chi connectivity index (χ1n) is 10.5. The van der Waals surface area contributed by atoms with E-state index in [1.54, 1.807) is 0 Å². The maximum atomic E-state index is 12.5. The smallest absolute Gasteiger partial charge is 0.234 e. The SMILES string of the molecule is CCOc1ccc(-n2c(SCC(=O)Nc3ccc(C)cc3)nnc2-c2cccc(Cl)c2)cc1. The zero-order valence-corrected chi connectivity index (χ0v) is 19.9. The topological polar surface area (TPSA) is 69.0 Å². The van der Waals surface area contributed by atoms with Crippen LogP contribution in [0.3, 0.4) is 0 Å². The first kappa shape index (κ1) is 22.9. The van der Waals surface area contributed by atoms with Gasteiger partial charge in [-0.3, -0.25) is 9.36 Å². The molecule has 1 heterocycles. The molecule has 0 spiro atoms. The molecule has 0 fully saturated rings. The van der Waals surface area contributed by atoms with Crippen molar-refractivity contribution in [1.29, 1.82) is 0 Å². The van der Waals surface area contributed by atoms with E-state index in [0.29, 0.717) is 22.6 Å². The number of benzene rings is 3. The van der Waals surface area contributed by atoms with Crippen molar-refractivity contribution in [2.75, 3.05) is 17.7 Å². The molecular weight excluding hydrogens is 456 g/mol. The maximum Gasteiger partial charge on any atom is 0.234 e. The van der Waals surface area contributed by atoms with Crippen molar-refractivity contribution < 1.29 is 9.53 Å². The van der Waals surface area contributed by atoms with Gasteiger partial charge in [-0.25, -0.2) is 0 Å². The van der Waals surface area contributed by atoms with Gasteiger partial charge in [-0.2, -0.15) is 0 Å². The summed E-state index contributed by atoms with van der Waals surface area (Å²) in [4.78, 5) is 12.5. The molecule has 4 aromatic rings. The average Bonchev–Trinajstić information content (AvgIpc) is 3.24.